The Bertz CT molecular complexity index is 1090. The van der Waals surface area contributed by atoms with Crippen LogP contribution in [0.2, 0.25) is 0 Å². The molecule has 0 heterocycles. The number of guanidine groups is 2. The van der Waals surface area contributed by atoms with Gasteiger partial charge in [0, 0.05) is 19.5 Å². The maximum Gasteiger partial charge on any atom is 0.245 e. The lowest BCUT2D eigenvalue weighted by molar-refractivity contribution is -0.137. The van der Waals surface area contributed by atoms with Crippen LogP contribution in [0.5, 0.6) is 0 Å². The summed E-state index contributed by atoms with van der Waals surface area (Å²) in [5.74, 6) is -6.01. The number of primary amides is 2. The van der Waals surface area contributed by atoms with Gasteiger partial charge in [-0.2, -0.15) is 5.48 Å². The number of nitrogens with two attached hydrogens (primary N) is 4. The van der Waals surface area contributed by atoms with Crippen molar-refractivity contribution in [1.82, 2.24) is 37.4 Å². The minimum atomic E-state index is -1.66. The molecule has 0 saturated heterocycles. The molecule has 0 aromatic carbocycles. The molecular weight excluding hydrogens is 626 g/mol. The minimum absolute atomic E-state index is 0.0366. The van der Waals surface area contributed by atoms with Gasteiger partial charge in [-0.1, -0.05) is 0 Å². The third-order valence-electron chi connectivity index (χ3n) is 6.40. The average molecular weight is 676 g/mol. The van der Waals surface area contributed by atoms with E-state index in [2.05, 4.69) is 42.2 Å². The van der Waals surface area contributed by atoms with Crippen molar-refractivity contribution in [2.24, 2.45) is 22.9 Å². The first-order valence-corrected chi connectivity index (χ1v) is 14.6. The molecular formula is C25H49N13O9. The van der Waals surface area contributed by atoms with Crippen molar-refractivity contribution >= 4 is 47.4 Å². The van der Waals surface area contributed by atoms with Crippen LogP contribution >= 0.6 is 0 Å². The van der Waals surface area contributed by atoms with Gasteiger partial charge in [-0.3, -0.25) is 39.6 Å². The average Bonchev–Trinajstić information content (AvgIpc) is 2.98. The van der Waals surface area contributed by atoms with E-state index in [1.807, 2.05) is 0 Å². The fourth-order valence-electron chi connectivity index (χ4n) is 3.95. The number of nitrogens with one attached hydrogen (secondary N) is 9. The molecule has 0 spiro atoms. The molecule has 0 aliphatic rings. The van der Waals surface area contributed by atoms with Crippen LogP contribution in [0.25, 0.3) is 0 Å². The molecule has 268 valence electrons. The molecule has 0 radical (unpaired) electrons. The molecule has 0 aromatic rings. The highest BCUT2D eigenvalue weighted by Crippen LogP contribution is 2.06. The first-order chi connectivity index (χ1) is 22.0. The van der Waals surface area contributed by atoms with Gasteiger partial charge in [-0.05, 0) is 39.0 Å². The summed E-state index contributed by atoms with van der Waals surface area (Å²) in [4.78, 5) is 80.2. The first-order valence-electron chi connectivity index (χ1n) is 14.6. The van der Waals surface area contributed by atoms with Crippen LogP contribution in [-0.4, -0.2) is 121 Å². The summed E-state index contributed by atoms with van der Waals surface area (Å²) in [6.45, 7) is 0.774. The van der Waals surface area contributed by atoms with Crippen molar-refractivity contribution < 1.29 is 43.8 Å². The Hall–Kier alpha value is -4.80. The monoisotopic (exact) mass is 675 g/mol. The molecule has 22 nitrogen and oxygen atoms in total. The number of amides is 6. The third kappa shape index (κ3) is 18.1. The number of aliphatic hydroxyl groups excluding tert-OH is 2. The van der Waals surface area contributed by atoms with E-state index in [1.165, 1.54) is 14.0 Å². The Kier molecular flexibility index (Phi) is 20.4. The zero-order valence-corrected chi connectivity index (χ0v) is 26.4. The fraction of sp³-hybridized carbons (Fsp3) is 0.680. The van der Waals surface area contributed by atoms with Gasteiger partial charge in [0.1, 0.15) is 30.2 Å². The molecule has 0 aliphatic heterocycles. The Morgan fingerprint density at radius 3 is 1.55 bits per heavy atom. The van der Waals surface area contributed by atoms with Gasteiger partial charge in [-0.15, -0.1) is 0 Å². The molecule has 0 bridgehead atoms. The lowest BCUT2D eigenvalue weighted by Crippen LogP contribution is -2.61. The van der Waals surface area contributed by atoms with Gasteiger partial charge in [0.2, 0.25) is 35.4 Å². The molecule has 0 unspecified atom stereocenters. The van der Waals surface area contributed by atoms with E-state index in [0.29, 0.717) is 0 Å². The van der Waals surface area contributed by atoms with E-state index in [0.717, 1.165) is 0 Å². The summed E-state index contributed by atoms with van der Waals surface area (Å²) < 4.78 is 0. The molecule has 22 heteroatoms. The second-order valence-electron chi connectivity index (χ2n) is 10.3. The lowest BCUT2D eigenvalue weighted by Gasteiger charge is -2.28. The predicted molar refractivity (Wildman–Crippen MR) is 166 cm³/mol. The number of carbonyl (C=O) groups is 6. The number of rotatable bonds is 24. The van der Waals surface area contributed by atoms with Gasteiger partial charge >= 0.3 is 0 Å². The van der Waals surface area contributed by atoms with Crippen LogP contribution in [0.3, 0.4) is 0 Å². The predicted octanol–water partition coefficient (Wildman–Crippen LogP) is -6.90. The van der Waals surface area contributed by atoms with Crippen molar-refractivity contribution in [3.8, 4) is 0 Å². The third-order valence-corrected chi connectivity index (χ3v) is 6.40. The largest absolute Gasteiger partial charge is 0.394 e. The highest BCUT2D eigenvalue weighted by molar-refractivity contribution is 5.96. The van der Waals surface area contributed by atoms with E-state index in [4.69, 9.17) is 33.8 Å². The standard InChI is InChI=1S/C25H49N13O9/c1-12(40)18(37-21(44)15(6-4-10-33-25(30)31)35-22(45)16(11-39)38-47-2)23(46)36-14(5-3-9-32-24(28)29)20(43)34-13(19(27)42)7-8-17(26)41/h12-16,18,38-40H,3-11H2,1-2H3,(H2,26,41)(H2,27,42)(H,34,43)(H,35,45)(H,36,46)(H,37,44)(H4,28,29,32)(H4,30,31,33)/t12-,13+,14+,15+,16+,18+/m1/s1. The van der Waals surface area contributed by atoms with Crippen LogP contribution in [0, 0.1) is 10.8 Å². The zero-order chi connectivity index (χ0) is 36.1. The van der Waals surface area contributed by atoms with Crippen molar-refractivity contribution in [3.63, 3.8) is 0 Å². The Labute approximate surface area is 271 Å². The highest BCUT2D eigenvalue weighted by atomic mass is 16.6. The maximum absolute atomic E-state index is 13.3. The SMILES string of the molecule is CON[C@@H](CO)C(=O)N[C@@H](CCCNC(=N)N)C(=O)N[C@H](C(=O)N[C@@H](CCCNC(=N)N)C(=O)N[C@@H](CCC(N)=O)C(N)=O)[C@@H](C)O. The number of hydrogen-bond donors (Lipinski definition) is 15. The number of hydrogen-bond acceptors (Lipinski definition) is 12. The summed E-state index contributed by atoms with van der Waals surface area (Å²) in [5.41, 5.74) is 23.3. The number of carbonyl (C=O) groups excluding carboxylic acids is 6. The van der Waals surface area contributed by atoms with Gasteiger partial charge in [0.05, 0.1) is 19.8 Å². The topological polar surface area (TPSA) is 388 Å². The second-order valence-corrected chi connectivity index (χ2v) is 10.3. The van der Waals surface area contributed by atoms with E-state index < -0.39 is 78.4 Å². The van der Waals surface area contributed by atoms with Crippen LogP contribution in [0.4, 0.5) is 0 Å². The second kappa shape index (κ2) is 22.7. The van der Waals surface area contributed by atoms with E-state index in [9.17, 15) is 39.0 Å². The van der Waals surface area contributed by atoms with Gasteiger partial charge in [-0.25, -0.2) is 0 Å². The van der Waals surface area contributed by atoms with E-state index in [1.54, 1.807) is 0 Å². The van der Waals surface area contributed by atoms with Crippen molar-refractivity contribution in [2.75, 3.05) is 26.8 Å². The molecule has 6 amide bonds. The fourth-order valence-corrected chi connectivity index (χ4v) is 3.95. The molecule has 47 heavy (non-hydrogen) atoms. The summed E-state index contributed by atoms with van der Waals surface area (Å²) in [6.07, 6.45) is -1.73. The van der Waals surface area contributed by atoms with Crippen molar-refractivity contribution in [1.29, 1.82) is 10.8 Å². The zero-order valence-electron chi connectivity index (χ0n) is 26.4. The van der Waals surface area contributed by atoms with Crippen LogP contribution in [0.1, 0.15) is 45.4 Å². The summed E-state index contributed by atoms with van der Waals surface area (Å²) in [6, 6.07) is -6.89. The molecule has 0 aliphatic carbocycles. The normalized spacial score (nSPS) is 14.6. The quantitative estimate of drug-likeness (QED) is 0.0196. The lowest BCUT2D eigenvalue weighted by atomic mass is 10.0. The van der Waals surface area contributed by atoms with E-state index in [-0.39, 0.29) is 63.5 Å². The maximum atomic E-state index is 13.3. The molecule has 6 atom stereocenters. The highest BCUT2D eigenvalue weighted by Gasteiger charge is 2.33. The first kappa shape index (κ1) is 42.2. The van der Waals surface area contributed by atoms with Crippen molar-refractivity contribution in [2.45, 2.75) is 81.8 Å². The summed E-state index contributed by atoms with van der Waals surface area (Å²) in [5, 5.41) is 49.0. The molecule has 0 fully saturated rings. The smallest absolute Gasteiger partial charge is 0.245 e. The Balaban J connectivity index is 5.99. The molecule has 0 saturated carbocycles. The Morgan fingerprint density at radius 1 is 0.702 bits per heavy atom. The minimum Gasteiger partial charge on any atom is -0.394 e. The van der Waals surface area contributed by atoms with Gasteiger partial charge < -0.3 is 69.9 Å². The number of hydroxylamine groups is 1. The van der Waals surface area contributed by atoms with Crippen LogP contribution < -0.4 is 60.3 Å². The Morgan fingerprint density at radius 2 is 1.15 bits per heavy atom. The van der Waals surface area contributed by atoms with Crippen LogP contribution in [0.15, 0.2) is 0 Å². The summed E-state index contributed by atoms with van der Waals surface area (Å²) in [7, 11) is 1.21. The van der Waals surface area contributed by atoms with Gasteiger partial charge in [0.15, 0.2) is 11.9 Å². The molecule has 0 rings (SSSR count). The van der Waals surface area contributed by atoms with E-state index >= 15 is 0 Å². The van der Waals surface area contributed by atoms with Crippen LogP contribution in [-0.2, 0) is 33.6 Å². The summed E-state index contributed by atoms with van der Waals surface area (Å²) >= 11 is 0. The molecule has 0 aromatic heterocycles. The van der Waals surface area contributed by atoms with Gasteiger partial charge in [0.25, 0.3) is 0 Å². The number of aliphatic hydroxyl groups is 2. The van der Waals surface area contributed by atoms with Crippen molar-refractivity contribution in [3.05, 3.63) is 0 Å². The molecule has 19 N–H and O–H groups in total.